The number of carbonyl (C=O) groups is 2. The molecule has 1 spiro atoms. The van der Waals surface area contributed by atoms with Crippen molar-refractivity contribution in [2.75, 3.05) is 18.4 Å². The van der Waals surface area contributed by atoms with E-state index in [2.05, 4.69) is 32.4 Å². The second kappa shape index (κ2) is 6.17. The van der Waals surface area contributed by atoms with Crippen LogP contribution in [0.3, 0.4) is 0 Å². The molecule has 5 rings (SSSR count). The number of amides is 2. The molecule has 142 valence electrons. The van der Waals surface area contributed by atoms with Gasteiger partial charge in [-0.15, -0.1) is 0 Å². The minimum absolute atomic E-state index is 0.0158. The van der Waals surface area contributed by atoms with Crippen molar-refractivity contribution in [1.82, 2.24) is 14.7 Å². The maximum Gasteiger partial charge on any atom is 0.254 e. The number of benzene rings is 2. The Morgan fingerprint density at radius 3 is 2.86 bits per heavy atom. The highest BCUT2D eigenvalue weighted by molar-refractivity contribution is 9.10. The number of rotatable bonds is 3. The molecule has 0 saturated heterocycles. The quantitative estimate of drug-likeness (QED) is 0.680. The van der Waals surface area contributed by atoms with Crippen molar-refractivity contribution in [3.8, 4) is 0 Å². The summed E-state index contributed by atoms with van der Waals surface area (Å²) in [7, 11) is 1.88. The number of hydrogen-bond acceptors (Lipinski definition) is 3. The minimum atomic E-state index is -0.187. The SMILES string of the molecule is Cn1ncc2cc(NC(=O)CN3CC4(CC4)c4cc(Br)ccc4C3=O)ccc21. The Kier molecular flexibility index (Phi) is 3.84. The molecule has 3 aromatic rings. The monoisotopic (exact) mass is 438 g/mol. The zero-order valence-electron chi connectivity index (χ0n) is 15.4. The number of hydrogen-bond donors (Lipinski definition) is 1. The van der Waals surface area contributed by atoms with Gasteiger partial charge in [-0.2, -0.15) is 5.10 Å². The normalized spacial score (nSPS) is 17.1. The number of fused-ring (bicyclic) bond motifs is 3. The van der Waals surface area contributed by atoms with E-state index in [1.165, 1.54) is 0 Å². The van der Waals surface area contributed by atoms with Crippen LogP contribution in [0.25, 0.3) is 10.9 Å². The number of aromatic nitrogens is 2. The van der Waals surface area contributed by atoms with Gasteiger partial charge >= 0.3 is 0 Å². The van der Waals surface area contributed by atoms with E-state index in [1.807, 2.05) is 37.4 Å². The summed E-state index contributed by atoms with van der Waals surface area (Å²) in [5.74, 6) is -0.258. The topological polar surface area (TPSA) is 67.2 Å². The number of aryl methyl sites for hydroxylation is 1. The lowest BCUT2D eigenvalue weighted by Crippen LogP contribution is -2.46. The summed E-state index contributed by atoms with van der Waals surface area (Å²) in [4.78, 5) is 27.2. The predicted octanol–water partition coefficient (Wildman–Crippen LogP) is 3.46. The van der Waals surface area contributed by atoms with Gasteiger partial charge in [-0.1, -0.05) is 15.9 Å². The fourth-order valence-electron chi connectivity index (χ4n) is 4.16. The average molecular weight is 439 g/mol. The van der Waals surface area contributed by atoms with Crippen molar-refractivity contribution in [2.24, 2.45) is 7.05 Å². The van der Waals surface area contributed by atoms with Gasteiger partial charge in [0.15, 0.2) is 0 Å². The van der Waals surface area contributed by atoms with Gasteiger partial charge in [0.25, 0.3) is 5.91 Å². The second-order valence-corrected chi connectivity index (χ2v) is 8.64. The third-order valence-corrected chi connectivity index (χ3v) is 6.28. The lowest BCUT2D eigenvalue weighted by molar-refractivity contribution is -0.117. The summed E-state index contributed by atoms with van der Waals surface area (Å²) in [6.45, 7) is 0.658. The molecule has 0 bridgehead atoms. The molecular weight excluding hydrogens is 420 g/mol. The maximum atomic E-state index is 12.9. The molecule has 0 unspecified atom stereocenters. The van der Waals surface area contributed by atoms with Gasteiger partial charge in [0.2, 0.25) is 5.91 Å². The fourth-order valence-corrected chi connectivity index (χ4v) is 4.52. The van der Waals surface area contributed by atoms with E-state index in [9.17, 15) is 9.59 Å². The minimum Gasteiger partial charge on any atom is -0.328 e. The van der Waals surface area contributed by atoms with Crippen LogP contribution in [0, 0.1) is 0 Å². The molecule has 1 aromatic heterocycles. The first-order valence-electron chi connectivity index (χ1n) is 9.26. The molecule has 1 aliphatic heterocycles. The van der Waals surface area contributed by atoms with Crippen LogP contribution in [-0.4, -0.2) is 39.6 Å². The van der Waals surface area contributed by atoms with Gasteiger partial charge in [-0.25, -0.2) is 0 Å². The van der Waals surface area contributed by atoms with Gasteiger partial charge in [-0.05, 0) is 54.8 Å². The van der Waals surface area contributed by atoms with Crippen LogP contribution in [0.4, 0.5) is 5.69 Å². The molecule has 0 atom stereocenters. The van der Waals surface area contributed by atoms with Crippen LogP contribution in [0.1, 0.15) is 28.8 Å². The summed E-state index contributed by atoms with van der Waals surface area (Å²) >= 11 is 3.51. The lowest BCUT2D eigenvalue weighted by Gasteiger charge is -2.34. The molecule has 2 aromatic carbocycles. The van der Waals surface area contributed by atoms with E-state index >= 15 is 0 Å². The number of anilines is 1. The zero-order chi connectivity index (χ0) is 19.5. The van der Waals surface area contributed by atoms with Crippen LogP contribution < -0.4 is 5.32 Å². The van der Waals surface area contributed by atoms with Crippen molar-refractivity contribution in [3.05, 3.63) is 58.2 Å². The Bertz CT molecular complexity index is 1130. The molecule has 6 nitrogen and oxygen atoms in total. The highest BCUT2D eigenvalue weighted by atomic mass is 79.9. The second-order valence-electron chi connectivity index (χ2n) is 7.72. The van der Waals surface area contributed by atoms with E-state index in [0.717, 1.165) is 39.3 Å². The molecule has 28 heavy (non-hydrogen) atoms. The van der Waals surface area contributed by atoms with E-state index in [0.29, 0.717) is 12.2 Å². The number of halogens is 1. The zero-order valence-corrected chi connectivity index (χ0v) is 17.0. The van der Waals surface area contributed by atoms with E-state index < -0.39 is 0 Å². The van der Waals surface area contributed by atoms with Crippen molar-refractivity contribution in [3.63, 3.8) is 0 Å². The van der Waals surface area contributed by atoms with Crippen LogP contribution >= 0.6 is 15.9 Å². The first-order valence-corrected chi connectivity index (χ1v) is 10.1. The molecule has 2 amide bonds. The highest BCUT2D eigenvalue weighted by Gasteiger charge is 2.51. The van der Waals surface area contributed by atoms with Crippen LogP contribution in [0.15, 0.2) is 47.1 Å². The molecule has 1 aliphatic carbocycles. The molecule has 1 N–H and O–H groups in total. The summed E-state index contributed by atoms with van der Waals surface area (Å²) in [6, 6.07) is 11.5. The Morgan fingerprint density at radius 2 is 2.07 bits per heavy atom. The summed E-state index contributed by atoms with van der Waals surface area (Å²) in [5.41, 5.74) is 3.56. The highest BCUT2D eigenvalue weighted by Crippen LogP contribution is 2.52. The van der Waals surface area contributed by atoms with Gasteiger partial charge in [0.05, 0.1) is 11.7 Å². The molecule has 2 heterocycles. The van der Waals surface area contributed by atoms with Crippen LogP contribution in [-0.2, 0) is 17.3 Å². The van der Waals surface area contributed by atoms with Gasteiger partial charge in [-0.3, -0.25) is 14.3 Å². The summed E-state index contributed by atoms with van der Waals surface area (Å²) < 4.78 is 2.78. The standard InChI is InChI=1S/C21H19BrN4O2/c1-25-18-5-3-15(8-13(18)10-23-25)24-19(27)11-26-12-21(6-7-21)17-9-14(22)2-4-16(17)20(26)28/h2-5,8-10H,6-7,11-12H2,1H3,(H,24,27). The average Bonchev–Trinajstić information content (AvgIpc) is 3.35. The van der Waals surface area contributed by atoms with Crippen LogP contribution in [0.2, 0.25) is 0 Å². The molecule has 1 saturated carbocycles. The Hall–Kier alpha value is -2.67. The van der Waals surface area contributed by atoms with E-state index in [1.54, 1.807) is 15.8 Å². The molecule has 1 fully saturated rings. The number of nitrogens with zero attached hydrogens (tertiary/aromatic N) is 3. The molecule has 2 aliphatic rings. The third-order valence-electron chi connectivity index (χ3n) is 5.78. The van der Waals surface area contributed by atoms with Crippen molar-refractivity contribution in [2.45, 2.75) is 18.3 Å². The third kappa shape index (κ3) is 2.81. The van der Waals surface area contributed by atoms with Gasteiger partial charge < -0.3 is 10.2 Å². The summed E-state index contributed by atoms with van der Waals surface area (Å²) in [5, 5.41) is 8.10. The summed E-state index contributed by atoms with van der Waals surface area (Å²) in [6.07, 6.45) is 3.88. The Balaban J connectivity index is 1.35. The van der Waals surface area contributed by atoms with Crippen molar-refractivity contribution >= 4 is 44.3 Å². The predicted molar refractivity (Wildman–Crippen MR) is 110 cm³/mol. The van der Waals surface area contributed by atoms with Gasteiger partial charge in [0, 0.05) is 40.1 Å². The number of nitrogens with one attached hydrogen (secondary N) is 1. The Labute approximate surface area is 170 Å². The van der Waals surface area contributed by atoms with Gasteiger partial charge in [0.1, 0.15) is 6.54 Å². The molecular formula is C21H19BrN4O2. The Morgan fingerprint density at radius 1 is 1.25 bits per heavy atom. The van der Waals surface area contributed by atoms with Crippen molar-refractivity contribution < 1.29 is 9.59 Å². The fraction of sp³-hybridized carbons (Fsp3) is 0.286. The van der Waals surface area contributed by atoms with Crippen molar-refractivity contribution in [1.29, 1.82) is 0 Å². The lowest BCUT2D eigenvalue weighted by atomic mass is 9.86. The smallest absolute Gasteiger partial charge is 0.254 e. The van der Waals surface area contributed by atoms with E-state index in [4.69, 9.17) is 0 Å². The maximum absolute atomic E-state index is 12.9. The number of carbonyl (C=O) groups excluding carboxylic acids is 2. The first-order chi connectivity index (χ1) is 13.4. The first kappa shape index (κ1) is 17.4. The molecule has 0 radical (unpaired) electrons. The molecule has 7 heteroatoms. The van der Waals surface area contributed by atoms with Crippen LogP contribution in [0.5, 0.6) is 0 Å². The van der Waals surface area contributed by atoms with E-state index in [-0.39, 0.29) is 23.8 Å². The largest absolute Gasteiger partial charge is 0.328 e.